The smallest absolute Gasteiger partial charge is 0.306 e. The fourth-order valence-corrected chi connectivity index (χ4v) is 9.85. The molecule has 96 heavy (non-hydrogen) atoms. The Kier molecular flexibility index (Phi) is 67.3. The third-order valence-corrected chi connectivity index (χ3v) is 15.6. The van der Waals surface area contributed by atoms with Crippen LogP contribution in [0.1, 0.15) is 226 Å². The van der Waals surface area contributed by atoms with Gasteiger partial charge in [-0.05, 0) is 44.2 Å². The van der Waals surface area contributed by atoms with Crippen LogP contribution in [0.15, 0.2) is 42.5 Å². The van der Waals surface area contributed by atoms with Gasteiger partial charge >= 0.3 is 5.97 Å². The summed E-state index contributed by atoms with van der Waals surface area (Å²) in [4.78, 5) is 116. The van der Waals surface area contributed by atoms with E-state index in [2.05, 4.69) is 35.1 Å². The summed E-state index contributed by atoms with van der Waals surface area (Å²) in [6.45, 7) is 9.78. The van der Waals surface area contributed by atoms with Gasteiger partial charge in [-0.2, -0.15) is 40.5 Å². The van der Waals surface area contributed by atoms with E-state index in [1.165, 1.54) is 142 Å². The molecule has 0 saturated carbocycles. The molecule has 1 aromatic carbocycles. The molecule has 1 rings (SSSR count). The van der Waals surface area contributed by atoms with Gasteiger partial charge in [0.05, 0.1) is 71.4 Å². The number of Topliss-reactive ketones (excluding diaryl/α,β-unsaturated/α-hetero) is 1. The fraction of sp³-hybridized carbons (Fsp3) is 0.761. The number of nitrogens with one attached hydrogen (secondary N) is 4. The number of esters is 1. The van der Waals surface area contributed by atoms with Crippen LogP contribution < -0.4 is 27.0 Å². The molecule has 1 unspecified atom stereocenters. The van der Waals surface area contributed by atoms with Crippen molar-refractivity contribution in [1.82, 2.24) is 26.2 Å². The van der Waals surface area contributed by atoms with E-state index >= 15 is 0 Å². The Bertz CT molecular complexity index is 2190. The number of carbonyl (C=O) groups excluding carboxylic acids is 9. The summed E-state index contributed by atoms with van der Waals surface area (Å²) in [6.07, 6.45) is 31.9. The number of unbranched alkanes of at least 4 members (excludes halogenated alkanes) is 22. The van der Waals surface area contributed by atoms with Crippen molar-refractivity contribution >= 4 is 93.5 Å². The first kappa shape index (κ1) is 95.6. The summed E-state index contributed by atoms with van der Waals surface area (Å²) < 4.78 is 39.3. The fourth-order valence-electron chi connectivity index (χ4n) is 9.85. The van der Waals surface area contributed by atoms with Gasteiger partial charge < -0.3 is 65.1 Å². The zero-order valence-electron chi connectivity index (χ0n) is 59.2. The molecule has 4 atom stereocenters. The van der Waals surface area contributed by atoms with Gasteiger partial charge in [0, 0.05) is 71.3 Å². The lowest BCUT2D eigenvalue weighted by molar-refractivity contribution is -0.148. The van der Waals surface area contributed by atoms with Crippen LogP contribution in [0.5, 0.6) is 0 Å². The van der Waals surface area contributed by atoms with Crippen molar-refractivity contribution < 1.29 is 76.3 Å². The minimum atomic E-state index is -1.09. The highest BCUT2D eigenvalue weighted by Gasteiger charge is 2.26. The van der Waals surface area contributed by atoms with Gasteiger partial charge in [0.25, 0.3) is 0 Å². The minimum Gasteiger partial charge on any atom is -0.461 e. The molecule has 0 aliphatic rings. The van der Waals surface area contributed by atoms with E-state index in [9.17, 15) is 43.2 Å². The zero-order valence-corrected chi connectivity index (χ0v) is 62.2. The molecule has 556 valence electrons. The Hall–Kier alpha value is -4.60. The predicted octanol–water partition coefficient (Wildman–Crippen LogP) is 9.78. The maximum absolute atomic E-state index is 13.4. The van der Waals surface area contributed by atoms with Gasteiger partial charge in [0.15, 0.2) is 11.6 Å². The molecule has 6 amide bonds. The third-order valence-electron chi connectivity index (χ3n) is 15.6. The number of carbonyl (C=O) groups is 9. The summed E-state index contributed by atoms with van der Waals surface area (Å²) in [5.74, 6) is -5.94. The van der Waals surface area contributed by atoms with Gasteiger partial charge in [0.2, 0.25) is 35.4 Å². The number of primary amides is 1. The van der Waals surface area contributed by atoms with Crippen LogP contribution in [0.25, 0.3) is 0 Å². The van der Waals surface area contributed by atoms with Crippen molar-refractivity contribution in [2.24, 2.45) is 11.7 Å². The van der Waals surface area contributed by atoms with Crippen molar-refractivity contribution in [2.75, 3.05) is 99.4 Å². The topological polar surface area (TPSA) is 296 Å². The lowest BCUT2D eigenvalue weighted by Crippen LogP contribution is -2.48. The van der Waals surface area contributed by atoms with E-state index in [-0.39, 0.29) is 137 Å². The molecule has 0 fully saturated rings. The number of nitrogens with zero attached hydrogens (tertiary/aromatic N) is 1. The largest absolute Gasteiger partial charge is 0.461 e. The molecule has 0 aromatic heterocycles. The third kappa shape index (κ3) is 57.3. The van der Waals surface area contributed by atoms with E-state index < -0.39 is 78.2 Å². The highest BCUT2D eigenvalue weighted by Crippen LogP contribution is 2.15. The van der Waals surface area contributed by atoms with Gasteiger partial charge in [-0.15, -0.1) is 0 Å². The van der Waals surface area contributed by atoms with Gasteiger partial charge in [-0.3, -0.25) is 43.2 Å². The highest BCUT2D eigenvalue weighted by molar-refractivity contribution is 7.59. The molecular formula is C71H128N6O16S3. The van der Waals surface area contributed by atoms with Crippen molar-refractivity contribution in [3.8, 4) is 0 Å². The summed E-state index contributed by atoms with van der Waals surface area (Å²) in [5, 5.41) is 11.1. The van der Waals surface area contributed by atoms with Crippen molar-refractivity contribution in [3.05, 3.63) is 48.0 Å². The summed E-state index contributed by atoms with van der Waals surface area (Å²) >= 11 is 0. The van der Waals surface area contributed by atoms with E-state index in [0.717, 1.165) is 48.3 Å². The number of ether oxygens (including phenoxy) is 7. The summed E-state index contributed by atoms with van der Waals surface area (Å²) in [5.41, 5.74) is 6.13. The van der Waals surface area contributed by atoms with Crippen molar-refractivity contribution in [2.45, 2.75) is 245 Å². The molecule has 6 N–H and O–H groups in total. The number of rotatable bonds is 65. The monoisotopic (exact) mass is 1420 g/mol. The van der Waals surface area contributed by atoms with Gasteiger partial charge in [0.1, 0.15) is 19.2 Å². The number of hydrogen-bond acceptors (Lipinski definition) is 16. The maximum Gasteiger partial charge on any atom is 0.306 e. The molecule has 22 nitrogen and oxygen atoms in total. The van der Waals surface area contributed by atoms with Crippen LogP contribution in [0.2, 0.25) is 0 Å². The predicted molar refractivity (Wildman–Crippen MR) is 392 cm³/mol. The molecular weight excluding hydrogens is 1290 g/mol. The Morgan fingerprint density at radius 1 is 0.531 bits per heavy atom. The Morgan fingerprint density at radius 3 is 1.64 bits per heavy atom. The SMILES string of the molecule is CCCCCCCCCCCCCCOCC(CNC(=O)CC[C@H](NC(=O)CCOCCOCCCC(=O)/C=C/C(=O)N(CC(N)=O)CC(=O)[C@H](C)NC(=O)[C@H](C)CC(=O)OCc1ccccc1)C(=O)NCCOCCOC)OCCCCCCCCCCCCCC.S.S.S. The number of amides is 6. The quantitative estimate of drug-likeness (QED) is 0.0230. The second kappa shape index (κ2) is 67.6. The van der Waals surface area contributed by atoms with Crippen LogP contribution in [-0.2, 0) is 82.9 Å². The molecule has 0 spiro atoms. The van der Waals surface area contributed by atoms with Gasteiger partial charge in [-0.1, -0.05) is 192 Å². The van der Waals surface area contributed by atoms with Crippen LogP contribution in [0.3, 0.4) is 0 Å². The molecule has 0 heterocycles. The zero-order chi connectivity index (χ0) is 68.2. The van der Waals surface area contributed by atoms with E-state index in [0.29, 0.717) is 39.5 Å². The van der Waals surface area contributed by atoms with E-state index in [1.807, 2.05) is 18.2 Å². The first-order chi connectivity index (χ1) is 45.1. The Labute approximate surface area is 597 Å². The minimum absolute atomic E-state index is 0. The normalized spacial score (nSPS) is 12.2. The molecule has 0 saturated heterocycles. The second-order valence-corrected chi connectivity index (χ2v) is 24.2. The van der Waals surface area contributed by atoms with Gasteiger partial charge in [-0.25, -0.2) is 0 Å². The highest BCUT2D eigenvalue weighted by atomic mass is 32.1. The lowest BCUT2D eigenvalue weighted by atomic mass is 10.1. The number of nitrogens with two attached hydrogens (primary N) is 1. The second-order valence-electron chi connectivity index (χ2n) is 24.2. The summed E-state index contributed by atoms with van der Waals surface area (Å²) in [7, 11) is 1.57. The number of methoxy groups -OCH3 is 1. The van der Waals surface area contributed by atoms with Crippen LogP contribution in [-0.4, -0.2) is 175 Å². The van der Waals surface area contributed by atoms with Crippen molar-refractivity contribution in [1.29, 1.82) is 0 Å². The molecule has 0 aliphatic carbocycles. The Balaban J connectivity index is -0.0000288. The maximum atomic E-state index is 13.4. The average Bonchev–Trinajstić information content (AvgIpc) is 1.42. The number of allylic oxidation sites excluding steroid dienone is 1. The van der Waals surface area contributed by atoms with Crippen LogP contribution in [0, 0.1) is 5.92 Å². The van der Waals surface area contributed by atoms with E-state index in [1.54, 1.807) is 19.2 Å². The van der Waals surface area contributed by atoms with E-state index in [4.69, 9.17) is 38.9 Å². The molecule has 0 aliphatic heterocycles. The van der Waals surface area contributed by atoms with Crippen LogP contribution in [0.4, 0.5) is 0 Å². The Morgan fingerprint density at radius 2 is 1.06 bits per heavy atom. The first-order valence-corrected chi connectivity index (χ1v) is 35.2. The summed E-state index contributed by atoms with van der Waals surface area (Å²) in [6, 6.07) is 6.95. The standard InChI is InChI=1S/C71H122N6O16.3H2S/c1-6-8-10-12-14-16-18-20-22-24-26-31-43-91-57-62(92-45-32-27-25-23-21-19-17-15-13-11-9-7-2)53-74-66(81)39-38-63(71(86)73-42-47-90-49-48-87-5)76-67(82)41-46-89-51-50-88-44-33-36-61(78)37-40-68(83)77(55-65(72)80)54-64(79)59(4)75-70(85)58(3)52-69(84)93-56-60-34-29-28-30-35-60;;;/h28-30,34-35,37,40,58-59,62-63H,6-27,31-33,36,38-39,41-57H2,1-5H3,(H2,72,80)(H,73,86)(H,74,81)(H,75,85)(H,76,82);3*1H2/b40-37+;;;/t58-,59+,62?,63+;;;/m1.../s1. The average molecular weight is 1420 g/mol. The van der Waals surface area contributed by atoms with Crippen molar-refractivity contribution in [3.63, 3.8) is 0 Å². The lowest BCUT2D eigenvalue weighted by Gasteiger charge is -2.22. The van der Waals surface area contributed by atoms with Crippen LogP contribution >= 0.6 is 40.5 Å². The molecule has 0 radical (unpaired) electrons. The number of ketones is 2. The molecule has 1 aromatic rings. The number of benzene rings is 1. The number of hydrogen-bond donors (Lipinski definition) is 5. The first-order valence-electron chi connectivity index (χ1n) is 35.2. The molecule has 0 bridgehead atoms. The molecule has 25 heteroatoms.